The Balaban J connectivity index is 2.52. The molecule has 0 radical (unpaired) electrons. The van der Waals surface area contributed by atoms with Gasteiger partial charge in [-0.3, -0.25) is 0 Å². The van der Waals surface area contributed by atoms with Gasteiger partial charge in [0.1, 0.15) is 0 Å². The lowest BCUT2D eigenvalue weighted by Crippen LogP contribution is -2.56. The van der Waals surface area contributed by atoms with Crippen molar-refractivity contribution in [2.75, 3.05) is 13.2 Å². The van der Waals surface area contributed by atoms with E-state index >= 15 is 0 Å². The summed E-state index contributed by atoms with van der Waals surface area (Å²) >= 11 is 0. The average Bonchev–Trinajstić information content (AvgIpc) is 2.01. The van der Waals surface area contributed by atoms with Gasteiger partial charge in [0, 0.05) is 18.5 Å². The Bertz CT molecular complexity index is 129. The smallest absolute Gasteiger partial charge is 0.0926 e. The van der Waals surface area contributed by atoms with Crippen molar-refractivity contribution in [2.24, 2.45) is 5.92 Å². The monoisotopic (exact) mass is 161 g/mol. The minimum absolute atomic E-state index is 0.00491. The summed E-state index contributed by atoms with van der Waals surface area (Å²) in [5.74, 6) is -0.0938. The van der Waals surface area contributed by atoms with E-state index in [2.05, 4.69) is 5.32 Å². The molecule has 66 valence electrons. The molecule has 0 bridgehead atoms. The number of piperidine rings is 1. The Hall–Kier alpha value is -0.160. The molecule has 0 aliphatic carbocycles. The molecule has 1 rings (SSSR count). The molecule has 0 spiro atoms. The Morgan fingerprint density at radius 3 is 2.64 bits per heavy atom. The fraction of sp³-hybridized carbons (Fsp3) is 1.00. The van der Waals surface area contributed by atoms with Gasteiger partial charge in [-0.25, -0.2) is 0 Å². The van der Waals surface area contributed by atoms with Crippen molar-refractivity contribution in [2.45, 2.75) is 25.2 Å². The summed E-state index contributed by atoms with van der Waals surface area (Å²) in [5, 5.41) is 30.3. The molecule has 4 heteroatoms. The molecule has 4 atom stereocenters. The van der Waals surface area contributed by atoms with Crippen LogP contribution in [0.3, 0.4) is 0 Å². The predicted molar refractivity (Wildman–Crippen MR) is 40.1 cm³/mol. The van der Waals surface area contributed by atoms with E-state index in [9.17, 15) is 5.11 Å². The molecule has 0 saturated carbocycles. The van der Waals surface area contributed by atoms with Gasteiger partial charge in [-0.05, 0) is 0 Å². The van der Waals surface area contributed by atoms with Crippen molar-refractivity contribution in [1.29, 1.82) is 0 Å². The maximum atomic E-state index is 9.35. The summed E-state index contributed by atoms with van der Waals surface area (Å²) < 4.78 is 0. The van der Waals surface area contributed by atoms with Gasteiger partial charge >= 0.3 is 0 Å². The SMILES string of the molecule is CC1C(CO)NCC(O)C1O. The van der Waals surface area contributed by atoms with E-state index in [4.69, 9.17) is 10.2 Å². The van der Waals surface area contributed by atoms with E-state index in [1.165, 1.54) is 0 Å². The van der Waals surface area contributed by atoms with Crippen molar-refractivity contribution in [3.63, 3.8) is 0 Å². The van der Waals surface area contributed by atoms with Gasteiger partial charge in [0.25, 0.3) is 0 Å². The van der Waals surface area contributed by atoms with E-state index in [1.54, 1.807) is 6.92 Å². The van der Waals surface area contributed by atoms with Crippen molar-refractivity contribution in [1.82, 2.24) is 5.32 Å². The van der Waals surface area contributed by atoms with Crippen LogP contribution < -0.4 is 5.32 Å². The van der Waals surface area contributed by atoms with Gasteiger partial charge in [-0.2, -0.15) is 0 Å². The highest BCUT2D eigenvalue weighted by Crippen LogP contribution is 2.16. The predicted octanol–water partition coefficient (Wildman–Crippen LogP) is -1.69. The second kappa shape index (κ2) is 3.49. The van der Waals surface area contributed by atoms with Gasteiger partial charge in [0.2, 0.25) is 0 Å². The summed E-state index contributed by atoms with van der Waals surface area (Å²) in [5.41, 5.74) is 0. The van der Waals surface area contributed by atoms with Crippen LogP contribution in [0.2, 0.25) is 0 Å². The Kier molecular flexibility index (Phi) is 2.84. The third-order valence-corrected chi connectivity index (χ3v) is 2.35. The van der Waals surface area contributed by atoms with Gasteiger partial charge in [-0.1, -0.05) is 6.92 Å². The zero-order valence-electron chi connectivity index (χ0n) is 6.57. The molecule has 0 aromatic rings. The molecule has 1 fully saturated rings. The zero-order valence-corrected chi connectivity index (χ0v) is 6.57. The summed E-state index contributed by atoms with van der Waals surface area (Å²) in [6.45, 7) is 2.17. The molecular formula is C7H15NO3. The lowest BCUT2D eigenvalue weighted by molar-refractivity contribution is -0.0531. The van der Waals surface area contributed by atoms with Crippen molar-refractivity contribution in [3.8, 4) is 0 Å². The fourth-order valence-corrected chi connectivity index (χ4v) is 1.40. The quantitative estimate of drug-likeness (QED) is 0.370. The number of rotatable bonds is 1. The second-order valence-corrected chi connectivity index (χ2v) is 3.11. The van der Waals surface area contributed by atoms with Gasteiger partial charge in [0.05, 0.1) is 18.8 Å². The third kappa shape index (κ3) is 1.70. The standard InChI is InChI=1S/C7H15NO3/c1-4-5(3-9)8-2-6(10)7(4)11/h4-11H,2-3H2,1H3. The molecule has 4 unspecified atom stereocenters. The van der Waals surface area contributed by atoms with Crippen LogP contribution in [0.4, 0.5) is 0 Å². The molecule has 1 heterocycles. The Labute approximate surface area is 65.9 Å². The molecule has 0 aromatic carbocycles. The highest BCUT2D eigenvalue weighted by Gasteiger charge is 2.33. The van der Waals surface area contributed by atoms with Crippen molar-refractivity contribution >= 4 is 0 Å². The first-order valence-electron chi connectivity index (χ1n) is 3.87. The normalized spacial score (nSPS) is 45.8. The highest BCUT2D eigenvalue weighted by atomic mass is 16.3. The maximum absolute atomic E-state index is 9.35. The van der Waals surface area contributed by atoms with E-state index < -0.39 is 12.2 Å². The number of hydrogen-bond donors (Lipinski definition) is 4. The number of β-amino-alcohol motifs (C(OH)–C–C–N with tert-alkyl or cyclic N) is 1. The van der Waals surface area contributed by atoms with Crippen LogP contribution in [-0.2, 0) is 0 Å². The largest absolute Gasteiger partial charge is 0.395 e. The van der Waals surface area contributed by atoms with E-state index in [-0.39, 0.29) is 18.6 Å². The zero-order chi connectivity index (χ0) is 8.43. The minimum Gasteiger partial charge on any atom is -0.395 e. The minimum atomic E-state index is -0.714. The van der Waals surface area contributed by atoms with Crippen molar-refractivity contribution in [3.05, 3.63) is 0 Å². The summed E-state index contributed by atoms with van der Waals surface area (Å²) in [6.07, 6.45) is -1.42. The summed E-state index contributed by atoms with van der Waals surface area (Å²) in [6, 6.07) is -0.0894. The Morgan fingerprint density at radius 2 is 2.09 bits per heavy atom. The molecule has 0 amide bonds. The lowest BCUT2D eigenvalue weighted by atomic mass is 9.89. The van der Waals surface area contributed by atoms with Crippen LogP contribution in [0.1, 0.15) is 6.92 Å². The van der Waals surface area contributed by atoms with Gasteiger partial charge < -0.3 is 20.6 Å². The molecule has 4 nitrogen and oxygen atoms in total. The van der Waals surface area contributed by atoms with Crippen molar-refractivity contribution < 1.29 is 15.3 Å². The Morgan fingerprint density at radius 1 is 1.45 bits per heavy atom. The third-order valence-electron chi connectivity index (χ3n) is 2.35. The van der Waals surface area contributed by atoms with Gasteiger partial charge in [0.15, 0.2) is 0 Å². The van der Waals surface area contributed by atoms with E-state index in [0.29, 0.717) is 6.54 Å². The molecule has 1 aliphatic heterocycles. The van der Waals surface area contributed by atoms with Crippen LogP contribution in [0.5, 0.6) is 0 Å². The van der Waals surface area contributed by atoms with E-state index in [0.717, 1.165) is 0 Å². The fourth-order valence-electron chi connectivity index (χ4n) is 1.40. The molecule has 11 heavy (non-hydrogen) atoms. The molecule has 0 aromatic heterocycles. The number of aliphatic hydroxyl groups is 3. The first-order valence-corrected chi connectivity index (χ1v) is 3.87. The maximum Gasteiger partial charge on any atom is 0.0926 e. The number of nitrogens with one attached hydrogen (secondary N) is 1. The summed E-state index contributed by atoms with van der Waals surface area (Å²) in [4.78, 5) is 0. The molecule has 4 N–H and O–H groups in total. The molecule has 1 aliphatic rings. The number of aliphatic hydroxyl groups excluding tert-OH is 3. The van der Waals surface area contributed by atoms with E-state index in [1.807, 2.05) is 0 Å². The highest BCUT2D eigenvalue weighted by molar-refractivity contribution is 4.89. The van der Waals surface area contributed by atoms with Gasteiger partial charge in [-0.15, -0.1) is 0 Å². The first-order chi connectivity index (χ1) is 5.16. The number of hydrogen-bond acceptors (Lipinski definition) is 4. The van der Waals surface area contributed by atoms with Crippen LogP contribution in [0.15, 0.2) is 0 Å². The van der Waals surface area contributed by atoms with Crippen LogP contribution in [0.25, 0.3) is 0 Å². The molecule has 1 saturated heterocycles. The van der Waals surface area contributed by atoms with Crippen LogP contribution in [0, 0.1) is 5.92 Å². The summed E-state index contributed by atoms with van der Waals surface area (Å²) in [7, 11) is 0. The van der Waals surface area contributed by atoms with Crippen LogP contribution in [-0.4, -0.2) is 46.7 Å². The first kappa shape index (κ1) is 8.93. The van der Waals surface area contributed by atoms with Crippen LogP contribution >= 0.6 is 0 Å². The molecular weight excluding hydrogens is 146 g/mol. The topological polar surface area (TPSA) is 72.7 Å². The second-order valence-electron chi connectivity index (χ2n) is 3.11. The average molecular weight is 161 g/mol. The lowest BCUT2D eigenvalue weighted by Gasteiger charge is -2.36.